The average Bonchev–Trinajstić information content (AvgIpc) is 3.03. The third kappa shape index (κ3) is 2.51. The molecule has 0 bridgehead atoms. The highest BCUT2D eigenvalue weighted by molar-refractivity contribution is 6.27. The van der Waals surface area contributed by atoms with Crippen molar-refractivity contribution in [2.24, 2.45) is 0 Å². The van der Waals surface area contributed by atoms with E-state index in [0.29, 0.717) is 0 Å². The number of benzene rings is 1. The van der Waals surface area contributed by atoms with Gasteiger partial charge in [-0.3, -0.25) is 4.79 Å². The van der Waals surface area contributed by atoms with Gasteiger partial charge < -0.3 is 9.47 Å². The van der Waals surface area contributed by atoms with Crippen molar-refractivity contribution in [2.45, 2.75) is 69.9 Å². The van der Waals surface area contributed by atoms with Crippen molar-refractivity contribution >= 4 is 28.4 Å². The van der Waals surface area contributed by atoms with Crippen LogP contribution in [0.5, 0.6) is 0 Å². The molecule has 3 aliphatic rings. The van der Waals surface area contributed by atoms with Gasteiger partial charge in [-0.2, -0.15) is 0 Å². The largest absolute Gasteiger partial charge is 0.341 e. The molecule has 2 heterocycles. The zero-order valence-corrected chi connectivity index (χ0v) is 16.1. The van der Waals surface area contributed by atoms with Crippen LogP contribution in [-0.2, 0) is 17.8 Å². The molecule has 1 aromatic heterocycles. The standard InChI is InChI=1S/C22H27ClN2O/c23-14-21(26)24-11-12-25-19-10-9-16(15-5-2-1-3-6-15)13-18(19)17-7-4-8-20(24)22(17)25/h9-10,13,15,20H,1-8,11-12,14H2/t20-/m0/s1. The summed E-state index contributed by atoms with van der Waals surface area (Å²) in [6, 6.07) is 7.44. The zero-order chi connectivity index (χ0) is 17.7. The van der Waals surface area contributed by atoms with E-state index < -0.39 is 0 Å². The summed E-state index contributed by atoms with van der Waals surface area (Å²) < 4.78 is 2.50. The molecule has 0 saturated heterocycles. The van der Waals surface area contributed by atoms with Crippen LogP contribution in [0.1, 0.15) is 73.7 Å². The summed E-state index contributed by atoms with van der Waals surface area (Å²) in [5.41, 5.74) is 5.81. The second kappa shape index (κ2) is 6.60. The van der Waals surface area contributed by atoms with Gasteiger partial charge in [-0.25, -0.2) is 0 Å². The fourth-order valence-electron chi connectivity index (χ4n) is 5.69. The summed E-state index contributed by atoms with van der Waals surface area (Å²) in [5.74, 6) is 0.924. The van der Waals surface area contributed by atoms with Gasteiger partial charge in [0.05, 0.1) is 6.04 Å². The fraction of sp³-hybridized carbons (Fsp3) is 0.591. The maximum atomic E-state index is 12.3. The van der Waals surface area contributed by atoms with Crippen LogP contribution < -0.4 is 0 Å². The molecule has 0 unspecified atom stereocenters. The van der Waals surface area contributed by atoms with Crippen molar-refractivity contribution in [1.82, 2.24) is 9.47 Å². The van der Waals surface area contributed by atoms with E-state index in [1.165, 1.54) is 59.8 Å². The first-order valence-electron chi connectivity index (χ1n) is 10.3. The van der Waals surface area contributed by atoms with Crippen LogP contribution in [0.4, 0.5) is 0 Å². The van der Waals surface area contributed by atoms with Crippen LogP contribution >= 0.6 is 11.6 Å². The Morgan fingerprint density at radius 1 is 1.08 bits per heavy atom. The van der Waals surface area contributed by atoms with Gasteiger partial charge in [0.25, 0.3) is 0 Å². The molecule has 3 nitrogen and oxygen atoms in total. The first kappa shape index (κ1) is 16.7. The molecule has 26 heavy (non-hydrogen) atoms. The number of hydrogen-bond donors (Lipinski definition) is 0. The van der Waals surface area contributed by atoms with Crippen molar-refractivity contribution < 1.29 is 4.79 Å². The number of halogens is 1. The molecular weight excluding hydrogens is 344 g/mol. The predicted molar refractivity (Wildman–Crippen MR) is 106 cm³/mol. The lowest BCUT2D eigenvalue weighted by Crippen LogP contribution is -2.43. The number of fused-ring (bicyclic) bond motifs is 3. The van der Waals surface area contributed by atoms with Crippen LogP contribution in [0, 0.1) is 0 Å². The summed E-state index contributed by atoms with van der Waals surface area (Å²) in [6.07, 6.45) is 10.2. The quantitative estimate of drug-likeness (QED) is 0.671. The third-order valence-corrected chi connectivity index (χ3v) is 7.14. The highest BCUT2D eigenvalue weighted by Gasteiger charge is 2.36. The molecule has 1 saturated carbocycles. The molecule has 4 heteroatoms. The molecule has 1 aliphatic heterocycles. The summed E-state index contributed by atoms with van der Waals surface area (Å²) in [5, 5.41) is 1.45. The lowest BCUT2D eigenvalue weighted by molar-refractivity contribution is -0.132. The first-order valence-corrected chi connectivity index (χ1v) is 10.8. The molecule has 1 amide bonds. The van der Waals surface area contributed by atoms with Crippen molar-refractivity contribution in [3.8, 4) is 0 Å². The Hall–Kier alpha value is -1.48. The van der Waals surface area contributed by atoms with Gasteiger partial charge in [-0.15, -0.1) is 11.6 Å². The summed E-state index contributed by atoms with van der Waals surface area (Å²) >= 11 is 5.88. The predicted octanol–water partition coefficient (Wildman–Crippen LogP) is 5.15. The van der Waals surface area contributed by atoms with Gasteiger partial charge in [0.15, 0.2) is 0 Å². The highest BCUT2D eigenvalue weighted by Crippen LogP contribution is 2.44. The number of carbonyl (C=O) groups is 1. The molecule has 2 aliphatic carbocycles. The number of nitrogens with zero attached hydrogens (tertiary/aromatic N) is 2. The molecule has 1 atom stereocenters. The maximum Gasteiger partial charge on any atom is 0.238 e. The number of carbonyl (C=O) groups excluding carboxylic acids is 1. The normalized spacial score (nSPS) is 23.3. The Bertz CT molecular complexity index is 849. The number of amides is 1. The maximum absolute atomic E-state index is 12.3. The number of alkyl halides is 1. The number of aryl methyl sites for hydroxylation is 1. The van der Waals surface area contributed by atoms with Gasteiger partial charge in [0.1, 0.15) is 5.88 Å². The van der Waals surface area contributed by atoms with Gasteiger partial charge in [0.2, 0.25) is 5.91 Å². The first-order chi connectivity index (χ1) is 12.8. The van der Waals surface area contributed by atoms with Crippen LogP contribution in [0.2, 0.25) is 0 Å². The summed E-state index contributed by atoms with van der Waals surface area (Å²) in [4.78, 5) is 14.4. The monoisotopic (exact) mass is 370 g/mol. The molecule has 138 valence electrons. The molecule has 5 rings (SSSR count). The molecule has 0 spiro atoms. The van der Waals surface area contributed by atoms with E-state index in [9.17, 15) is 4.79 Å². The van der Waals surface area contributed by atoms with E-state index in [2.05, 4.69) is 22.8 Å². The number of aromatic nitrogens is 1. The molecule has 1 aromatic carbocycles. The minimum Gasteiger partial charge on any atom is -0.341 e. The smallest absolute Gasteiger partial charge is 0.238 e. The topological polar surface area (TPSA) is 25.2 Å². The lowest BCUT2D eigenvalue weighted by Gasteiger charge is -2.39. The zero-order valence-electron chi connectivity index (χ0n) is 15.3. The van der Waals surface area contributed by atoms with E-state index in [1.54, 1.807) is 0 Å². The average molecular weight is 371 g/mol. The minimum atomic E-state index is 0.0870. The van der Waals surface area contributed by atoms with E-state index in [-0.39, 0.29) is 17.8 Å². The van der Waals surface area contributed by atoms with Crippen molar-refractivity contribution in [3.05, 3.63) is 35.0 Å². The van der Waals surface area contributed by atoms with E-state index in [1.807, 2.05) is 4.90 Å². The van der Waals surface area contributed by atoms with Crippen molar-refractivity contribution in [3.63, 3.8) is 0 Å². The molecule has 2 aromatic rings. The summed E-state index contributed by atoms with van der Waals surface area (Å²) in [6.45, 7) is 1.69. The lowest BCUT2D eigenvalue weighted by atomic mass is 9.83. The summed E-state index contributed by atoms with van der Waals surface area (Å²) in [7, 11) is 0. The Balaban J connectivity index is 1.61. The van der Waals surface area contributed by atoms with Gasteiger partial charge in [0, 0.05) is 29.7 Å². The Labute approximate surface area is 160 Å². The Kier molecular flexibility index (Phi) is 4.23. The second-order valence-electron chi connectivity index (χ2n) is 8.26. The Morgan fingerprint density at radius 3 is 2.73 bits per heavy atom. The van der Waals surface area contributed by atoms with Gasteiger partial charge >= 0.3 is 0 Å². The number of rotatable bonds is 2. The van der Waals surface area contributed by atoms with Crippen molar-refractivity contribution in [2.75, 3.05) is 12.4 Å². The van der Waals surface area contributed by atoms with Crippen LogP contribution in [0.3, 0.4) is 0 Å². The van der Waals surface area contributed by atoms with E-state index in [0.717, 1.165) is 38.3 Å². The highest BCUT2D eigenvalue weighted by atomic mass is 35.5. The second-order valence-corrected chi connectivity index (χ2v) is 8.52. The van der Waals surface area contributed by atoms with Crippen LogP contribution in [0.25, 0.3) is 10.9 Å². The SMILES string of the molecule is O=C(CCl)N1CCn2c3c(c4cc(C5CCCCC5)ccc42)CCC[C@@H]31. The fourth-order valence-corrected chi connectivity index (χ4v) is 5.84. The molecule has 1 fully saturated rings. The van der Waals surface area contributed by atoms with E-state index >= 15 is 0 Å². The van der Waals surface area contributed by atoms with E-state index in [4.69, 9.17) is 11.6 Å². The van der Waals surface area contributed by atoms with Gasteiger partial charge in [-0.1, -0.05) is 25.3 Å². The van der Waals surface area contributed by atoms with Gasteiger partial charge in [-0.05, 0) is 61.3 Å². The molecular formula is C22H27ClN2O. The van der Waals surface area contributed by atoms with Crippen LogP contribution in [0.15, 0.2) is 18.2 Å². The molecule has 0 radical (unpaired) electrons. The molecule has 0 N–H and O–H groups in total. The Morgan fingerprint density at radius 2 is 1.92 bits per heavy atom. The van der Waals surface area contributed by atoms with Crippen LogP contribution in [-0.4, -0.2) is 27.8 Å². The third-order valence-electron chi connectivity index (χ3n) is 6.91. The minimum absolute atomic E-state index is 0.0870. The number of hydrogen-bond acceptors (Lipinski definition) is 1. The van der Waals surface area contributed by atoms with Crippen molar-refractivity contribution in [1.29, 1.82) is 0 Å².